The fourth-order valence-corrected chi connectivity index (χ4v) is 5.37. The Bertz CT molecular complexity index is 1370. The molecule has 4 rings (SSSR count). The van der Waals surface area contributed by atoms with Gasteiger partial charge < -0.3 is 10.1 Å². The molecule has 10 heteroatoms. The number of carbonyl (C=O) groups excluding carboxylic acids is 1. The number of nitrogens with zero attached hydrogens (tertiary/aromatic N) is 4. The molecule has 0 aliphatic carbocycles. The third-order valence-corrected chi connectivity index (χ3v) is 7.08. The average molecular weight is 452 g/mol. The smallest absolute Gasteiger partial charge is 0.266 e. The van der Waals surface area contributed by atoms with Gasteiger partial charge in [0, 0.05) is 17.3 Å². The first-order valence-corrected chi connectivity index (χ1v) is 11.7. The van der Waals surface area contributed by atoms with Crippen LogP contribution in [0.4, 0.5) is 5.69 Å². The summed E-state index contributed by atoms with van der Waals surface area (Å²) in [5.41, 5.74) is 2.32. The molecular weight excluding hydrogens is 430 g/mol. The lowest BCUT2D eigenvalue weighted by Gasteiger charge is -2.09. The number of benzene rings is 1. The summed E-state index contributed by atoms with van der Waals surface area (Å²) in [5, 5.41) is 17.4. The van der Waals surface area contributed by atoms with Crippen LogP contribution in [0.15, 0.2) is 42.1 Å². The molecule has 1 aliphatic heterocycles. The first-order chi connectivity index (χ1) is 15.3. The van der Waals surface area contributed by atoms with Gasteiger partial charge in [-0.3, -0.25) is 4.79 Å². The Kier molecular flexibility index (Phi) is 5.67. The largest absolute Gasteiger partial charge is 0.497 e. The lowest BCUT2D eigenvalue weighted by Crippen LogP contribution is -2.13. The number of anilines is 1. The quantitative estimate of drug-likeness (QED) is 0.467. The summed E-state index contributed by atoms with van der Waals surface area (Å²) in [6.07, 6.45) is 3.51. The predicted octanol–water partition coefficient (Wildman–Crippen LogP) is 2.65. The molecule has 0 spiro atoms. The molecule has 1 aliphatic rings. The number of carbonyl (C=O) groups is 1. The summed E-state index contributed by atoms with van der Waals surface area (Å²) in [5.74, 6) is 0.315. The van der Waals surface area contributed by atoms with E-state index in [0.717, 1.165) is 5.39 Å². The van der Waals surface area contributed by atoms with Crippen molar-refractivity contribution in [3.63, 3.8) is 0 Å². The number of fused-ring (bicyclic) bond motifs is 1. The molecule has 1 atom stereocenters. The van der Waals surface area contributed by atoms with Gasteiger partial charge in [0.25, 0.3) is 5.91 Å². The summed E-state index contributed by atoms with van der Waals surface area (Å²) in [7, 11) is -1.50. The van der Waals surface area contributed by atoms with E-state index >= 15 is 0 Å². The van der Waals surface area contributed by atoms with Crippen LogP contribution in [-0.4, -0.2) is 47.7 Å². The monoisotopic (exact) mass is 451 g/mol. The molecule has 2 aromatic heterocycles. The van der Waals surface area contributed by atoms with Crippen molar-refractivity contribution in [3.05, 3.63) is 53.4 Å². The van der Waals surface area contributed by atoms with Gasteiger partial charge in [-0.05, 0) is 55.3 Å². The van der Waals surface area contributed by atoms with Crippen LogP contribution in [0, 0.1) is 18.3 Å². The number of pyridine rings is 1. The summed E-state index contributed by atoms with van der Waals surface area (Å²) in [4.78, 5) is 17.0. The van der Waals surface area contributed by atoms with Crippen LogP contribution in [0.5, 0.6) is 5.75 Å². The number of sulfone groups is 1. The van der Waals surface area contributed by atoms with Crippen LogP contribution < -0.4 is 10.1 Å². The number of aromatic nitrogens is 3. The van der Waals surface area contributed by atoms with Gasteiger partial charge >= 0.3 is 0 Å². The van der Waals surface area contributed by atoms with Gasteiger partial charge in [0.1, 0.15) is 17.4 Å². The number of aryl methyl sites for hydroxylation is 1. The highest BCUT2D eigenvalue weighted by molar-refractivity contribution is 7.91. The summed E-state index contributed by atoms with van der Waals surface area (Å²) < 4.78 is 30.5. The van der Waals surface area contributed by atoms with E-state index in [-0.39, 0.29) is 23.1 Å². The Morgan fingerprint density at radius 3 is 2.72 bits per heavy atom. The third kappa shape index (κ3) is 4.33. The first-order valence-electron chi connectivity index (χ1n) is 9.92. The Morgan fingerprint density at radius 1 is 1.34 bits per heavy atom. The molecule has 0 saturated carbocycles. The van der Waals surface area contributed by atoms with Gasteiger partial charge in [-0.2, -0.15) is 10.4 Å². The maximum absolute atomic E-state index is 12.5. The predicted molar refractivity (Wildman–Crippen MR) is 120 cm³/mol. The van der Waals surface area contributed by atoms with Crippen LogP contribution in [0.3, 0.4) is 0 Å². The minimum absolute atomic E-state index is 0.0522. The highest BCUT2D eigenvalue weighted by Crippen LogP contribution is 2.28. The van der Waals surface area contributed by atoms with Gasteiger partial charge in [-0.15, -0.1) is 0 Å². The maximum atomic E-state index is 12.5. The molecule has 1 fully saturated rings. The molecule has 3 aromatic rings. The van der Waals surface area contributed by atoms with Crippen LogP contribution >= 0.6 is 0 Å². The fraction of sp³-hybridized carbons (Fsp3) is 0.273. The van der Waals surface area contributed by atoms with Crippen molar-refractivity contribution in [1.29, 1.82) is 5.26 Å². The minimum Gasteiger partial charge on any atom is -0.497 e. The number of hydrogen-bond acceptors (Lipinski definition) is 7. The van der Waals surface area contributed by atoms with E-state index in [1.165, 1.54) is 6.08 Å². The topological polar surface area (TPSA) is 127 Å². The Hall–Kier alpha value is -3.71. The Balaban J connectivity index is 1.60. The summed E-state index contributed by atoms with van der Waals surface area (Å²) >= 11 is 0. The molecule has 1 N–H and O–H groups in total. The van der Waals surface area contributed by atoms with Crippen LogP contribution in [0.25, 0.3) is 17.1 Å². The summed E-state index contributed by atoms with van der Waals surface area (Å²) in [6.45, 7) is 1.82. The molecule has 164 valence electrons. The van der Waals surface area contributed by atoms with Gasteiger partial charge in [0.05, 0.1) is 30.4 Å². The third-order valence-electron chi connectivity index (χ3n) is 5.33. The van der Waals surface area contributed by atoms with Crippen molar-refractivity contribution in [2.45, 2.75) is 19.4 Å². The minimum atomic E-state index is -3.06. The fourth-order valence-electron chi connectivity index (χ4n) is 3.68. The molecule has 9 nitrogen and oxygen atoms in total. The highest BCUT2D eigenvalue weighted by atomic mass is 32.2. The maximum Gasteiger partial charge on any atom is 0.266 e. The lowest BCUT2D eigenvalue weighted by atomic mass is 10.1. The van der Waals surface area contributed by atoms with Crippen LogP contribution in [0.2, 0.25) is 0 Å². The Labute approximate surface area is 185 Å². The zero-order valence-electron chi connectivity index (χ0n) is 17.6. The molecule has 1 aromatic carbocycles. The number of methoxy groups -OCH3 is 1. The van der Waals surface area contributed by atoms with Crippen LogP contribution in [-0.2, 0) is 14.6 Å². The number of nitriles is 1. The van der Waals surface area contributed by atoms with Crippen molar-refractivity contribution in [1.82, 2.24) is 14.8 Å². The van der Waals surface area contributed by atoms with Gasteiger partial charge in [-0.1, -0.05) is 0 Å². The molecule has 32 heavy (non-hydrogen) atoms. The SMILES string of the molecule is COc1ccc(NC(=O)/C(C#N)=C/c2cnc3c(c2)c(C)nn3[C@H]2CCS(=O)(=O)C2)cc1. The number of nitrogens with one attached hydrogen (secondary N) is 1. The van der Waals surface area contributed by atoms with Crippen LogP contribution in [0.1, 0.15) is 23.7 Å². The highest BCUT2D eigenvalue weighted by Gasteiger charge is 2.31. The van der Waals surface area contributed by atoms with E-state index in [0.29, 0.717) is 34.8 Å². The number of amides is 1. The molecule has 1 amide bonds. The number of rotatable bonds is 5. The lowest BCUT2D eigenvalue weighted by molar-refractivity contribution is -0.112. The molecule has 3 heterocycles. The zero-order valence-corrected chi connectivity index (χ0v) is 18.4. The second-order valence-electron chi connectivity index (χ2n) is 7.58. The van der Waals surface area contributed by atoms with E-state index in [4.69, 9.17) is 4.74 Å². The molecule has 0 unspecified atom stereocenters. The molecular formula is C22H21N5O4S. The van der Waals surface area contributed by atoms with Crippen molar-refractivity contribution in [3.8, 4) is 11.8 Å². The summed E-state index contributed by atoms with van der Waals surface area (Å²) in [6, 6.07) is 10.3. The second-order valence-corrected chi connectivity index (χ2v) is 9.81. The van der Waals surface area contributed by atoms with Crippen molar-refractivity contribution < 1.29 is 17.9 Å². The van der Waals surface area contributed by atoms with E-state index in [1.54, 1.807) is 48.3 Å². The average Bonchev–Trinajstić information content (AvgIpc) is 3.31. The number of hydrogen-bond donors (Lipinski definition) is 1. The number of ether oxygens (including phenoxy) is 1. The van der Waals surface area contributed by atoms with E-state index in [2.05, 4.69) is 15.4 Å². The van der Waals surface area contributed by atoms with Gasteiger partial charge in [-0.25, -0.2) is 18.1 Å². The second kappa shape index (κ2) is 8.43. The van der Waals surface area contributed by atoms with Crippen molar-refractivity contribution in [2.24, 2.45) is 0 Å². The first kappa shape index (κ1) is 21.5. The van der Waals surface area contributed by atoms with E-state index in [9.17, 15) is 18.5 Å². The zero-order chi connectivity index (χ0) is 22.9. The van der Waals surface area contributed by atoms with Crippen molar-refractivity contribution in [2.75, 3.05) is 23.9 Å². The molecule has 0 radical (unpaired) electrons. The van der Waals surface area contributed by atoms with E-state index < -0.39 is 15.7 Å². The van der Waals surface area contributed by atoms with Gasteiger partial charge in [0.15, 0.2) is 15.5 Å². The van der Waals surface area contributed by atoms with E-state index in [1.807, 2.05) is 13.0 Å². The molecule has 0 bridgehead atoms. The van der Waals surface area contributed by atoms with Gasteiger partial charge in [0.2, 0.25) is 0 Å². The standard InChI is InChI=1S/C22H21N5O4S/c1-14-20-10-15(12-24-21(20)27(26-14)18-7-8-32(29,30)13-18)9-16(11-23)22(28)25-17-3-5-19(31-2)6-4-17/h3-6,9-10,12,18H,7-8,13H2,1-2H3,(H,25,28)/b16-9+/t18-/m0/s1. The Morgan fingerprint density at radius 2 is 2.09 bits per heavy atom. The normalized spacial score (nSPS) is 17.8. The van der Waals surface area contributed by atoms with Crippen molar-refractivity contribution >= 4 is 38.5 Å². The molecule has 1 saturated heterocycles.